The van der Waals surface area contributed by atoms with E-state index in [4.69, 9.17) is 5.11 Å². The molecule has 3 aromatic rings. The van der Waals surface area contributed by atoms with Gasteiger partial charge < -0.3 is 15.7 Å². The standard InChI is InChI=1S/C25H22N2O4/c28-23(16-11-18-7-3-1-4-8-18)27-22(17-19-9-5-2-6-10-19)24(29)26-21-14-12-20(13-15-21)25(30)31/h1-16,22H,17H2,(H,26,29)(H,27,28)(H,30,31)/b16-11-. The average Bonchev–Trinajstić information content (AvgIpc) is 2.79. The van der Waals surface area contributed by atoms with Crippen molar-refractivity contribution < 1.29 is 19.5 Å². The highest BCUT2D eigenvalue weighted by Crippen LogP contribution is 2.12. The number of carboxylic acids is 1. The molecule has 1 unspecified atom stereocenters. The third-order valence-corrected chi connectivity index (χ3v) is 4.54. The van der Waals surface area contributed by atoms with E-state index in [1.807, 2.05) is 60.7 Å². The highest BCUT2D eigenvalue weighted by molar-refractivity contribution is 6.00. The van der Waals surface area contributed by atoms with Gasteiger partial charge in [-0.3, -0.25) is 9.59 Å². The minimum absolute atomic E-state index is 0.123. The van der Waals surface area contributed by atoms with Gasteiger partial charge in [0.25, 0.3) is 0 Å². The van der Waals surface area contributed by atoms with Gasteiger partial charge in [0.15, 0.2) is 0 Å². The molecule has 0 saturated carbocycles. The Labute approximate surface area is 180 Å². The van der Waals surface area contributed by atoms with Crippen molar-refractivity contribution in [2.45, 2.75) is 12.5 Å². The van der Waals surface area contributed by atoms with Crippen molar-refractivity contribution >= 4 is 29.5 Å². The summed E-state index contributed by atoms with van der Waals surface area (Å²) < 4.78 is 0. The number of carbonyl (C=O) groups is 3. The molecule has 0 fully saturated rings. The first kappa shape index (κ1) is 21.5. The van der Waals surface area contributed by atoms with Gasteiger partial charge in [0.2, 0.25) is 11.8 Å². The van der Waals surface area contributed by atoms with E-state index in [2.05, 4.69) is 10.6 Å². The van der Waals surface area contributed by atoms with Crippen molar-refractivity contribution in [1.29, 1.82) is 0 Å². The molecule has 0 radical (unpaired) electrons. The first-order valence-corrected chi connectivity index (χ1v) is 9.73. The fraction of sp³-hybridized carbons (Fsp3) is 0.0800. The number of carboxylic acid groups (broad SMARTS) is 1. The van der Waals surface area contributed by atoms with Crippen LogP contribution >= 0.6 is 0 Å². The second kappa shape index (κ2) is 10.5. The van der Waals surface area contributed by atoms with Crippen LogP contribution in [0.25, 0.3) is 6.08 Å². The Morgan fingerprint density at radius 2 is 1.45 bits per heavy atom. The van der Waals surface area contributed by atoms with Crippen LogP contribution < -0.4 is 10.6 Å². The highest BCUT2D eigenvalue weighted by atomic mass is 16.4. The van der Waals surface area contributed by atoms with Crippen LogP contribution in [0, 0.1) is 0 Å². The Morgan fingerprint density at radius 3 is 2.06 bits per heavy atom. The van der Waals surface area contributed by atoms with E-state index >= 15 is 0 Å². The van der Waals surface area contributed by atoms with E-state index in [9.17, 15) is 14.4 Å². The molecule has 0 bridgehead atoms. The number of rotatable bonds is 8. The first-order chi connectivity index (χ1) is 15.0. The van der Waals surface area contributed by atoms with Gasteiger partial charge in [0, 0.05) is 18.2 Å². The zero-order valence-corrected chi connectivity index (χ0v) is 16.7. The molecule has 0 aromatic heterocycles. The molecule has 2 amide bonds. The Hall–Kier alpha value is -4.19. The minimum Gasteiger partial charge on any atom is -0.478 e. The number of hydrogen-bond acceptors (Lipinski definition) is 3. The summed E-state index contributed by atoms with van der Waals surface area (Å²) in [6.07, 6.45) is 3.38. The second-order valence-electron chi connectivity index (χ2n) is 6.87. The van der Waals surface area contributed by atoms with Gasteiger partial charge in [-0.2, -0.15) is 0 Å². The third kappa shape index (κ3) is 6.68. The molecular formula is C25H22N2O4. The van der Waals surface area contributed by atoms with E-state index in [0.29, 0.717) is 12.1 Å². The van der Waals surface area contributed by atoms with Gasteiger partial charge in [-0.25, -0.2) is 4.79 Å². The number of anilines is 1. The number of amides is 2. The Balaban J connectivity index is 1.72. The van der Waals surface area contributed by atoms with E-state index in [0.717, 1.165) is 11.1 Å². The number of carbonyl (C=O) groups excluding carboxylic acids is 2. The number of nitrogens with one attached hydrogen (secondary N) is 2. The van der Waals surface area contributed by atoms with Gasteiger partial charge in [-0.1, -0.05) is 60.7 Å². The molecule has 3 N–H and O–H groups in total. The quantitative estimate of drug-likeness (QED) is 0.489. The van der Waals surface area contributed by atoms with Gasteiger partial charge in [-0.15, -0.1) is 0 Å². The molecule has 0 aliphatic heterocycles. The summed E-state index contributed by atoms with van der Waals surface area (Å²) in [4.78, 5) is 36.3. The summed E-state index contributed by atoms with van der Waals surface area (Å²) in [5.41, 5.74) is 2.34. The van der Waals surface area contributed by atoms with E-state index in [1.54, 1.807) is 6.08 Å². The Bertz CT molecular complexity index is 1060. The lowest BCUT2D eigenvalue weighted by atomic mass is 10.0. The molecule has 0 spiro atoms. The number of benzene rings is 3. The molecule has 0 heterocycles. The molecule has 6 heteroatoms. The van der Waals surface area contributed by atoms with Crippen LogP contribution in [0.15, 0.2) is 91.0 Å². The van der Waals surface area contributed by atoms with Crippen molar-refractivity contribution in [2.24, 2.45) is 0 Å². The zero-order valence-electron chi connectivity index (χ0n) is 16.7. The normalized spacial score (nSPS) is 11.6. The number of hydrogen-bond donors (Lipinski definition) is 3. The smallest absolute Gasteiger partial charge is 0.335 e. The van der Waals surface area contributed by atoms with Gasteiger partial charge in [0.05, 0.1) is 5.56 Å². The van der Waals surface area contributed by atoms with E-state index < -0.39 is 17.9 Å². The highest BCUT2D eigenvalue weighted by Gasteiger charge is 2.21. The molecule has 0 saturated heterocycles. The Kier molecular flexibility index (Phi) is 7.32. The van der Waals surface area contributed by atoms with Gasteiger partial charge in [-0.05, 0) is 41.5 Å². The predicted octanol–water partition coefficient (Wildman–Crippen LogP) is 3.76. The van der Waals surface area contributed by atoms with Crippen LogP contribution in [0.5, 0.6) is 0 Å². The molecule has 1 atom stereocenters. The summed E-state index contributed by atoms with van der Waals surface area (Å²) in [5, 5.41) is 14.5. The van der Waals surface area contributed by atoms with E-state index in [1.165, 1.54) is 30.3 Å². The van der Waals surface area contributed by atoms with Crippen molar-refractivity contribution in [2.75, 3.05) is 5.32 Å². The summed E-state index contributed by atoms with van der Waals surface area (Å²) in [6.45, 7) is 0. The molecule has 3 rings (SSSR count). The van der Waals surface area contributed by atoms with Crippen LogP contribution in [0.1, 0.15) is 21.5 Å². The maximum Gasteiger partial charge on any atom is 0.335 e. The molecule has 0 aliphatic carbocycles. The lowest BCUT2D eigenvalue weighted by molar-refractivity contribution is -0.123. The third-order valence-electron chi connectivity index (χ3n) is 4.54. The predicted molar refractivity (Wildman–Crippen MR) is 120 cm³/mol. The summed E-state index contributed by atoms with van der Waals surface area (Å²) in [5.74, 6) is -1.83. The van der Waals surface area contributed by atoms with Gasteiger partial charge in [0.1, 0.15) is 6.04 Å². The van der Waals surface area contributed by atoms with Crippen LogP contribution in [-0.4, -0.2) is 28.9 Å². The van der Waals surface area contributed by atoms with Crippen molar-refractivity contribution in [1.82, 2.24) is 5.32 Å². The van der Waals surface area contributed by atoms with Crippen molar-refractivity contribution in [3.05, 3.63) is 108 Å². The fourth-order valence-electron chi connectivity index (χ4n) is 2.94. The summed E-state index contributed by atoms with van der Waals surface area (Å²) in [6, 6.07) is 23.8. The maximum absolute atomic E-state index is 12.9. The first-order valence-electron chi connectivity index (χ1n) is 9.73. The Morgan fingerprint density at radius 1 is 0.839 bits per heavy atom. The van der Waals surface area contributed by atoms with Crippen molar-refractivity contribution in [3.63, 3.8) is 0 Å². The molecule has 156 valence electrons. The molecule has 0 aliphatic rings. The lowest BCUT2D eigenvalue weighted by Gasteiger charge is -2.18. The zero-order chi connectivity index (χ0) is 22.1. The number of aromatic carboxylic acids is 1. The minimum atomic E-state index is -1.04. The molecule has 3 aromatic carbocycles. The second-order valence-corrected chi connectivity index (χ2v) is 6.87. The van der Waals surface area contributed by atoms with Gasteiger partial charge >= 0.3 is 5.97 Å². The summed E-state index contributed by atoms with van der Waals surface area (Å²) in [7, 11) is 0. The fourth-order valence-corrected chi connectivity index (χ4v) is 2.94. The van der Waals surface area contributed by atoms with Crippen LogP contribution in [0.3, 0.4) is 0 Å². The SMILES string of the molecule is O=C(/C=C\c1ccccc1)NC(Cc1ccccc1)C(=O)Nc1ccc(C(=O)O)cc1. The van der Waals surface area contributed by atoms with Crippen LogP contribution in [0.2, 0.25) is 0 Å². The van der Waals surface area contributed by atoms with E-state index in [-0.39, 0.29) is 11.5 Å². The maximum atomic E-state index is 12.9. The molecule has 31 heavy (non-hydrogen) atoms. The lowest BCUT2D eigenvalue weighted by Crippen LogP contribution is -2.44. The largest absolute Gasteiger partial charge is 0.478 e. The average molecular weight is 414 g/mol. The van der Waals surface area contributed by atoms with Crippen LogP contribution in [-0.2, 0) is 16.0 Å². The topological polar surface area (TPSA) is 95.5 Å². The molecule has 6 nitrogen and oxygen atoms in total. The molecular weight excluding hydrogens is 392 g/mol. The van der Waals surface area contributed by atoms with Crippen LogP contribution in [0.4, 0.5) is 5.69 Å². The van der Waals surface area contributed by atoms with Crippen molar-refractivity contribution in [3.8, 4) is 0 Å². The monoisotopic (exact) mass is 414 g/mol. The summed E-state index contributed by atoms with van der Waals surface area (Å²) >= 11 is 0.